The molecule has 4 nitrogen and oxygen atoms in total. The third-order valence-corrected chi connectivity index (χ3v) is 8.59. The first-order valence-electron chi connectivity index (χ1n) is 10.7. The third kappa shape index (κ3) is 6.62. The fourth-order valence-corrected chi connectivity index (χ4v) is 6.10. The standard InChI is InChI=1S/C20H40O4Si/c1-5-9-13-21-25(8-4,22-14-10-6-2)23-16-17(7-3)18-11-12-19-20(15-18)24-19/h17-20H,5-16H2,1-4H3. The van der Waals surface area contributed by atoms with Gasteiger partial charge in [-0.2, -0.15) is 0 Å². The van der Waals surface area contributed by atoms with Crippen molar-refractivity contribution in [2.75, 3.05) is 19.8 Å². The van der Waals surface area contributed by atoms with Crippen molar-refractivity contribution in [3.05, 3.63) is 0 Å². The van der Waals surface area contributed by atoms with Crippen molar-refractivity contribution in [1.29, 1.82) is 0 Å². The first-order valence-corrected chi connectivity index (χ1v) is 12.7. The Hall–Kier alpha value is 0.0569. The van der Waals surface area contributed by atoms with E-state index in [9.17, 15) is 0 Å². The Kier molecular flexibility index (Phi) is 9.42. The molecule has 1 aliphatic carbocycles. The predicted molar refractivity (Wildman–Crippen MR) is 104 cm³/mol. The summed E-state index contributed by atoms with van der Waals surface area (Å²) in [5, 5.41) is 0. The number of hydrogen-bond acceptors (Lipinski definition) is 4. The van der Waals surface area contributed by atoms with Crippen molar-refractivity contribution in [3.8, 4) is 0 Å². The number of epoxide rings is 1. The van der Waals surface area contributed by atoms with Crippen molar-refractivity contribution in [2.45, 2.75) is 97.3 Å². The van der Waals surface area contributed by atoms with Crippen LogP contribution in [-0.2, 0) is 18.0 Å². The first-order chi connectivity index (χ1) is 12.2. The molecule has 4 unspecified atom stereocenters. The topological polar surface area (TPSA) is 40.2 Å². The van der Waals surface area contributed by atoms with Crippen LogP contribution in [0.1, 0.15) is 79.1 Å². The molecule has 1 saturated heterocycles. The van der Waals surface area contributed by atoms with Gasteiger partial charge in [0.05, 0.1) is 12.2 Å². The Morgan fingerprint density at radius 2 is 1.60 bits per heavy atom. The minimum Gasteiger partial charge on any atom is -0.373 e. The van der Waals surface area contributed by atoms with E-state index < -0.39 is 8.80 Å². The molecule has 0 aromatic carbocycles. The zero-order valence-corrected chi connectivity index (χ0v) is 17.9. The average molecular weight is 373 g/mol. The van der Waals surface area contributed by atoms with Crippen molar-refractivity contribution < 1.29 is 18.0 Å². The molecule has 5 heteroatoms. The summed E-state index contributed by atoms with van der Waals surface area (Å²) < 4.78 is 24.7. The van der Waals surface area contributed by atoms with Gasteiger partial charge in [-0.05, 0) is 43.9 Å². The molecule has 25 heavy (non-hydrogen) atoms. The van der Waals surface area contributed by atoms with Crippen LogP contribution in [0.4, 0.5) is 0 Å². The van der Waals surface area contributed by atoms with E-state index in [-0.39, 0.29) is 0 Å². The summed E-state index contributed by atoms with van der Waals surface area (Å²) in [7, 11) is -2.52. The van der Waals surface area contributed by atoms with Gasteiger partial charge in [-0.3, -0.25) is 0 Å². The van der Waals surface area contributed by atoms with Crippen LogP contribution in [0.2, 0.25) is 6.04 Å². The monoisotopic (exact) mass is 372 g/mol. The van der Waals surface area contributed by atoms with Gasteiger partial charge in [-0.25, -0.2) is 0 Å². The normalized spacial score (nSPS) is 27.1. The van der Waals surface area contributed by atoms with E-state index in [4.69, 9.17) is 18.0 Å². The fourth-order valence-electron chi connectivity index (χ4n) is 3.86. The van der Waals surface area contributed by atoms with Gasteiger partial charge in [0.25, 0.3) is 0 Å². The zero-order valence-electron chi connectivity index (χ0n) is 16.9. The van der Waals surface area contributed by atoms with Crippen molar-refractivity contribution in [2.24, 2.45) is 11.8 Å². The Balaban J connectivity index is 1.87. The van der Waals surface area contributed by atoms with Crippen LogP contribution in [0.5, 0.6) is 0 Å². The van der Waals surface area contributed by atoms with Gasteiger partial charge in [0.1, 0.15) is 0 Å². The summed E-state index contributed by atoms with van der Waals surface area (Å²) in [6.45, 7) is 11.2. The highest BCUT2D eigenvalue weighted by Crippen LogP contribution is 2.43. The number of rotatable bonds is 14. The van der Waals surface area contributed by atoms with Gasteiger partial charge in [-0.15, -0.1) is 0 Å². The van der Waals surface area contributed by atoms with E-state index in [0.717, 1.165) is 57.5 Å². The summed E-state index contributed by atoms with van der Waals surface area (Å²) >= 11 is 0. The highest BCUT2D eigenvalue weighted by molar-refractivity contribution is 6.60. The molecule has 0 radical (unpaired) electrons. The molecule has 148 valence electrons. The molecule has 1 heterocycles. The average Bonchev–Trinajstić information content (AvgIpc) is 3.41. The Labute approximate surface area is 156 Å². The quantitative estimate of drug-likeness (QED) is 0.239. The van der Waals surface area contributed by atoms with E-state index in [1.807, 2.05) is 0 Å². The van der Waals surface area contributed by atoms with Crippen molar-refractivity contribution in [1.82, 2.24) is 0 Å². The minimum absolute atomic E-state index is 0.544. The second kappa shape index (κ2) is 11.0. The van der Waals surface area contributed by atoms with Crippen molar-refractivity contribution >= 4 is 8.80 Å². The van der Waals surface area contributed by atoms with Crippen LogP contribution in [0.15, 0.2) is 0 Å². The van der Waals surface area contributed by atoms with Gasteiger partial charge >= 0.3 is 8.80 Å². The number of unbranched alkanes of at least 4 members (excludes halogenated alkanes) is 2. The van der Waals surface area contributed by atoms with E-state index in [1.54, 1.807) is 0 Å². The lowest BCUT2D eigenvalue weighted by atomic mass is 9.79. The summed E-state index contributed by atoms with van der Waals surface area (Å²) in [6, 6.07) is 0.870. The Morgan fingerprint density at radius 1 is 0.920 bits per heavy atom. The van der Waals surface area contributed by atoms with Crippen LogP contribution < -0.4 is 0 Å². The molecule has 2 fully saturated rings. The molecule has 0 amide bonds. The maximum atomic E-state index is 6.48. The van der Waals surface area contributed by atoms with Crippen LogP contribution in [0, 0.1) is 11.8 Å². The van der Waals surface area contributed by atoms with Gasteiger partial charge < -0.3 is 18.0 Å². The van der Waals surface area contributed by atoms with Gasteiger partial charge in [0, 0.05) is 25.9 Å². The van der Waals surface area contributed by atoms with Crippen LogP contribution in [0.3, 0.4) is 0 Å². The van der Waals surface area contributed by atoms with Crippen molar-refractivity contribution in [3.63, 3.8) is 0 Å². The van der Waals surface area contributed by atoms with Gasteiger partial charge in [0.15, 0.2) is 0 Å². The number of fused-ring (bicyclic) bond motifs is 1. The summed E-state index contributed by atoms with van der Waals surface area (Å²) in [6.07, 6.45) is 10.5. The summed E-state index contributed by atoms with van der Waals surface area (Å²) in [5.74, 6) is 1.34. The maximum absolute atomic E-state index is 6.48. The molecular formula is C20H40O4Si. The lowest BCUT2D eigenvalue weighted by Crippen LogP contribution is -2.47. The lowest BCUT2D eigenvalue weighted by molar-refractivity contribution is 0.0355. The fraction of sp³-hybridized carbons (Fsp3) is 1.00. The Morgan fingerprint density at radius 3 is 2.12 bits per heavy atom. The lowest BCUT2D eigenvalue weighted by Gasteiger charge is -2.33. The van der Waals surface area contributed by atoms with E-state index in [0.29, 0.717) is 18.1 Å². The smallest absolute Gasteiger partial charge is 0.373 e. The molecule has 1 saturated carbocycles. The van der Waals surface area contributed by atoms with Crippen LogP contribution in [-0.4, -0.2) is 40.8 Å². The number of ether oxygens (including phenoxy) is 1. The van der Waals surface area contributed by atoms with E-state index in [2.05, 4.69) is 27.7 Å². The second-order valence-electron chi connectivity index (χ2n) is 7.71. The molecule has 4 atom stereocenters. The summed E-state index contributed by atoms with van der Waals surface area (Å²) in [4.78, 5) is 0. The van der Waals surface area contributed by atoms with Gasteiger partial charge in [0.2, 0.25) is 0 Å². The SMILES string of the molecule is CCCCO[Si](CC)(OCCCC)OCC(CC)C1CCC2OC2C1. The maximum Gasteiger partial charge on any atom is 0.500 e. The van der Waals surface area contributed by atoms with Gasteiger partial charge in [-0.1, -0.05) is 47.0 Å². The highest BCUT2D eigenvalue weighted by atomic mass is 28.4. The summed E-state index contributed by atoms with van der Waals surface area (Å²) in [5.41, 5.74) is 0. The van der Waals surface area contributed by atoms with Crippen LogP contribution in [0.25, 0.3) is 0 Å². The molecular weight excluding hydrogens is 332 g/mol. The predicted octanol–water partition coefficient (Wildman–Crippen LogP) is 5.19. The first kappa shape index (κ1) is 21.4. The van der Waals surface area contributed by atoms with E-state index >= 15 is 0 Å². The zero-order chi connectivity index (χ0) is 18.1. The second-order valence-corrected chi connectivity index (χ2v) is 10.6. The molecule has 1 aliphatic heterocycles. The minimum atomic E-state index is -2.52. The third-order valence-electron chi connectivity index (χ3n) is 5.83. The molecule has 0 aromatic heterocycles. The number of hydrogen-bond donors (Lipinski definition) is 0. The molecule has 0 aromatic rings. The highest BCUT2D eigenvalue weighted by Gasteiger charge is 2.46. The van der Waals surface area contributed by atoms with Crippen LogP contribution >= 0.6 is 0 Å². The van der Waals surface area contributed by atoms with E-state index in [1.165, 1.54) is 25.7 Å². The molecule has 0 N–H and O–H groups in total. The largest absolute Gasteiger partial charge is 0.500 e. The molecule has 2 rings (SSSR count). The molecule has 2 aliphatic rings. The molecule has 0 bridgehead atoms. The molecule has 0 spiro atoms. The Bertz CT molecular complexity index is 356.